The first-order valence-corrected chi connectivity index (χ1v) is 45.3. The minimum atomic E-state index is -5.19. The number of rotatable bonds is 25. The highest BCUT2D eigenvalue weighted by molar-refractivity contribution is 7.10. The Bertz CT molecular complexity index is 4270. The molecule has 6 aromatic rings. The zero-order valence-electron chi connectivity index (χ0n) is 68.8. The lowest BCUT2D eigenvalue weighted by molar-refractivity contribution is -0.946. The second-order valence-electron chi connectivity index (χ2n) is 34.1. The molecular weight excluding hydrogens is 1680 g/mol. The molecule has 3 aromatic carbocycles. The number of carboxylic acid groups (broad SMARTS) is 3. The maximum atomic E-state index is 13.7. The molecule has 33 heteroatoms. The molecule has 0 radical (unpaired) electrons. The predicted octanol–water partition coefficient (Wildman–Crippen LogP) is 13.0. The van der Waals surface area contributed by atoms with Crippen LogP contribution in [-0.4, -0.2) is 193 Å². The van der Waals surface area contributed by atoms with Gasteiger partial charge in [-0.3, -0.25) is 0 Å². The largest absolute Gasteiger partial charge is 0.542 e. The Morgan fingerprint density at radius 2 is 0.699 bits per heavy atom. The van der Waals surface area contributed by atoms with Crippen LogP contribution in [-0.2, 0) is 66.2 Å². The Labute approximate surface area is 723 Å². The summed E-state index contributed by atoms with van der Waals surface area (Å²) in [5.74, 6) is -7.53. The number of carboxylic acids is 3. The highest BCUT2D eigenvalue weighted by Crippen LogP contribution is 2.49. The van der Waals surface area contributed by atoms with E-state index in [2.05, 4.69) is 36.4 Å². The average Bonchev–Trinajstić information content (AvgIpc) is 1.60. The van der Waals surface area contributed by atoms with E-state index in [1.54, 1.807) is 12.1 Å². The van der Waals surface area contributed by atoms with Crippen LogP contribution in [0.15, 0.2) is 137 Å². The Morgan fingerprint density at radius 3 is 1.00 bits per heavy atom. The number of halogens is 9. The monoisotopic (exact) mass is 1790 g/mol. The second-order valence-corrected chi connectivity index (χ2v) is 37.0. The number of hydrogen-bond acceptors (Lipinski definition) is 21. The fourth-order valence-electron chi connectivity index (χ4n) is 19.5. The minimum Gasteiger partial charge on any atom is -0.542 e. The summed E-state index contributed by atoms with van der Waals surface area (Å²) in [5, 5.41) is 76.7. The molecule has 3 saturated carbocycles. The van der Waals surface area contributed by atoms with Gasteiger partial charge in [0, 0.05) is 108 Å². The SMILES string of the molecule is N#Cc1cccc(OCCC[N+]23CCC(CC2)[C@@H](OC(=O)[C@](O)(c2cccs2)C2CCCCC2)C3)c1.O=C(O[C@@H]1C[N+]2(CCCOc3ccccc3)CCC1CC2)[C@](O)(c1cccs1)C1CCCCC1.O=C(O[C@H]1C[N+]2(CCc3ccccc3)CCC1CC2)[C@](O)(c1cccs1)C1CCCCC1.O=C([O-])C(F)(F)F.O=C([O-])C(F)(F)F.O=C([O-])C(F)(F)F. The summed E-state index contributed by atoms with van der Waals surface area (Å²) in [4.78, 5) is 69.5. The van der Waals surface area contributed by atoms with Crippen LogP contribution in [0, 0.1) is 46.8 Å². The van der Waals surface area contributed by atoms with Gasteiger partial charge in [0.25, 0.3) is 0 Å². The van der Waals surface area contributed by atoms with Crippen molar-refractivity contribution in [2.24, 2.45) is 35.5 Å². The number of nitrogens with zero attached hydrogens (tertiary/aromatic N) is 4. The normalized spacial score (nSPS) is 25.8. The van der Waals surface area contributed by atoms with E-state index in [0.29, 0.717) is 36.5 Å². The number of ether oxygens (including phenoxy) is 5. The van der Waals surface area contributed by atoms with E-state index in [1.165, 1.54) is 71.9 Å². The molecule has 18 rings (SSSR count). The van der Waals surface area contributed by atoms with E-state index >= 15 is 0 Å². The average molecular weight is 1790 g/mol. The van der Waals surface area contributed by atoms with E-state index in [0.717, 1.165) is 240 Å². The van der Waals surface area contributed by atoms with Gasteiger partial charge in [0.1, 0.15) is 49.0 Å². The quantitative estimate of drug-likeness (QED) is 0.0158. The van der Waals surface area contributed by atoms with Crippen LogP contribution < -0.4 is 24.8 Å². The van der Waals surface area contributed by atoms with Crippen LogP contribution in [0.5, 0.6) is 11.5 Å². The van der Waals surface area contributed by atoms with Crippen LogP contribution in [0.25, 0.3) is 0 Å². The number of nitriles is 1. The molecule has 6 atom stereocenters. The summed E-state index contributed by atoms with van der Waals surface area (Å²) < 4.78 is 128. The van der Waals surface area contributed by atoms with E-state index in [9.17, 15) is 69.2 Å². The molecule has 0 amide bonds. The maximum Gasteiger partial charge on any atom is 0.430 e. The second kappa shape index (κ2) is 43.8. The molecule has 9 aliphatic heterocycles. The summed E-state index contributed by atoms with van der Waals surface area (Å²) >= 11 is 4.41. The van der Waals surface area contributed by atoms with Crippen LogP contribution in [0.4, 0.5) is 39.5 Å². The molecule has 3 N–H and O–H groups in total. The number of carbonyl (C=O) groups is 6. The van der Waals surface area contributed by atoms with E-state index in [1.807, 2.05) is 95.0 Å². The van der Waals surface area contributed by atoms with Crippen molar-refractivity contribution in [3.8, 4) is 17.6 Å². The molecule has 9 saturated heterocycles. The van der Waals surface area contributed by atoms with Gasteiger partial charge in [0.05, 0.1) is 83.7 Å². The number of quaternary nitrogens is 3. The lowest BCUT2D eigenvalue weighted by atomic mass is 9.75. The van der Waals surface area contributed by atoms with Crippen molar-refractivity contribution in [1.82, 2.24) is 0 Å². The zero-order valence-corrected chi connectivity index (χ0v) is 71.3. The first-order chi connectivity index (χ1) is 58.5. The van der Waals surface area contributed by atoms with Gasteiger partial charge in [0.2, 0.25) is 0 Å². The number of hydrogen-bond donors (Lipinski definition) is 3. The Balaban J connectivity index is 0.000000173. The number of para-hydroxylation sites is 1. The maximum absolute atomic E-state index is 13.7. The number of thiophene rings is 3. The molecule has 21 nitrogen and oxygen atoms in total. The van der Waals surface area contributed by atoms with Crippen molar-refractivity contribution in [2.45, 2.75) is 208 Å². The van der Waals surface area contributed by atoms with Gasteiger partial charge >= 0.3 is 36.4 Å². The Hall–Kier alpha value is -8.20. The first kappa shape index (κ1) is 97.0. The summed E-state index contributed by atoms with van der Waals surface area (Å²) in [7, 11) is 0. The molecule has 674 valence electrons. The molecule has 3 aromatic heterocycles. The number of piperidine rings is 9. The van der Waals surface area contributed by atoms with Crippen molar-refractivity contribution in [3.05, 3.63) is 163 Å². The number of benzene rings is 3. The van der Waals surface area contributed by atoms with Crippen molar-refractivity contribution in [2.75, 3.05) is 91.8 Å². The molecule has 12 aliphatic rings. The van der Waals surface area contributed by atoms with Crippen LogP contribution >= 0.6 is 34.0 Å². The van der Waals surface area contributed by atoms with Gasteiger partial charge in [-0.2, -0.15) is 44.8 Å². The van der Waals surface area contributed by atoms with Crippen molar-refractivity contribution < 1.29 is 136 Å². The molecule has 12 fully saturated rings. The third-order valence-electron chi connectivity index (χ3n) is 26.3. The lowest BCUT2D eigenvalue weighted by Crippen LogP contribution is -2.65. The number of carbonyl (C=O) groups excluding carboxylic acids is 6. The Kier molecular flexibility index (Phi) is 34.6. The fourth-order valence-corrected chi connectivity index (χ4v) is 22.2. The molecule has 0 unspecified atom stereocenters. The van der Waals surface area contributed by atoms with Gasteiger partial charge in [0.15, 0.2) is 35.1 Å². The van der Waals surface area contributed by atoms with E-state index in [-0.39, 0.29) is 36.1 Å². The topological polar surface area (TPSA) is 302 Å². The molecule has 0 spiro atoms. The van der Waals surface area contributed by atoms with Crippen molar-refractivity contribution >= 4 is 69.8 Å². The highest BCUT2D eigenvalue weighted by Gasteiger charge is 2.57. The Morgan fingerprint density at radius 1 is 0.398 bits per heavy atom. The molecule has 123 heavy (non-hydrogen) atoms. The summed E-state index contributed by atoms with van der Waals surface area (Å²) in [6.07, 6.45) is 8.89. The zero-order chi connectivity index (χ0) is 88.7. The van der Waals surface area contributed by atoms with Crippen LogP contribution in [0.2, 0.25) is 0 Å². The molecular formula is C90H111F9N4O17S3. The van der Waals surface area contributed by atoms with Crippen molar-refractivity contribution in [3.63, 3.8) is 0 Å². The van der Waals surface area contributed by atoms with Crippen LogP contribution in [0.1, 0.15) is 173 Å². The number of fused-ring (bicyclic) bond motifs is 9. The lowest BCUT2D eigenvalue weighted by Gasteiger charge is -2.52. The summed E-state index contributed by atoms with van der Waals surface area (Å²) in [5.41, 5.74) is -2.54. The number of aliphatic carboxylic acids is 3. The highest BCUT2D eigenvalue weighted by atomic mass is 32.1. The number of aliphatic hydroxyl groups is 3. The fraction of sp³-hybridized carbons (Fsp3) is 0.589. The standard InChI is InChI=1S/C29H37N2O4S.C28H38NO4S.C27H36NO3S.3C2HF3O2/c30-20-22-7-4-10-25(19-22)34-17-6-14-31-15-12-23(13-16-31)26(21-31)35-28(32)29(33,27-11-5-18-36-27)24-8-2-1-3-9-24;30-27(28(31,26-13-7-20-34-26)23-9-3-1-4-10-23)33-25-21-29(17-14-22(25)15-18-29)16-8-19-32-24-11-5-2-6-12-24;29-26(27(30,25-12-7-19-32-25)23-10-5-2-6-11-23)31-24-20-28(17-14-22(24)15-18-28)16-13-21-8-3-1-4-9-21;3*3-2(4,5)1(6)7/h4-5,7,10-11,18-19,23-24,26,33H,1-3,6,8-9,12-17,21H2;2,5-7,11-13,20,22-23,25,31H,1,3-4,8-10,14-19,21H2;1,3-4,7-9,12,19,22-24,30H,2,5-6,10-11,13-18,20H2;3*(H,6,7)/q3*+1;;;/p-3/t23?,26-,29+,31?;22?,25-,28-,29?;22?,24-,27+,28?;;;/m010.../s1. The third kappa shape index (κ3) is 26.0. The number of alkyl halides is 9. The van der Waals surface area contributed by atoms with Gasteiger partial charge in [-0.05, 0) is 109 Å². The van der Waals surface area contributed by atoms with Gasteiger partial charge in [-0.25, -0.2) is 14.4 Å². The van der Waals surface area contributed by atoms with E-state index < -0.39 is 71.1 Å². The molecule has 6 bridgehead atoms. The third-order valence-corrected chi connectivity index (χ3v) is 29.3. The van der Waals surface area contributed by atoms with Gasteiger partial charge in [-0.1, -0.05) is 131 Å². The molecule has 12 heterocycles. The van der Waals surface area contributed by atoms with Crippen molar-refractivity contribution in [1.29, 1.82) is 5.26 Å². The predicted molar refractivity (Wildman–Crippen MR) is 433 cm³/mol. The first-order valence-electron chi connectivity index (χ1n) is 42.7. The van der Waals surface area contributed by atoms with E-state index in [4.69, 9.17) is 58.6 Å². The minimum absolute atomic E-state index is 0.0373. The van der Waals surface area contributed by atoms with Crippen LogP contribution in [0.3, 0.4) is 0 Å². The summed E-state index contributed by atoms with van der Waals surface area (Å²) in [6, 6.07) is 41.6. The molecule has 3 aliphatic carbocycles. The van der Waals surface area contributed by atoms with Gasteiger partial charge in [-0.15, -0.1) is 34.0 Å². The summed E-state index contributed by atoms with van der Waals surface area (Å²) in [6.45, 7) is 13.9. The smallest absolute Gasteiger partial charge is 0.430 e. The van der Waals surface area contributed by atoms with Gasteiger partial charge < -0.3 is 82.2 Å². The number of esters is 3.